The Kier molecular flexibility index (Phi) is 8.61. The van der Waals surface area contributed by atoms with E-state index in [0.29, 0.717) is 0 Å². The van der Waals surface area contributed by atoms with Gasteiger partial charge in [-0.15, -0.1) is 0 Å². The Morgan fingerprint density at radius 2 is 1.45 bits per heavy atom. The van der Waals surface area contributed by atoms with Gasteiger partial charge in [-0.3, -0.25) is 14.7 Å². The second-order valence-corrected chi connectivity index (χ2v) is 6.90. The van der Waals surface area contributed by atoms with E-state index in [0.717, 1.165) is 0 Å². The molecule has 0 aliphatic carbocycles. The van der Waals surface area contributed by atoms with Crippen LogP contribution in [0.3, 0.4) is 0 Å². The minimum absolute atomic E-state index is 0.0316. The molecule has 0 aromatic heterocycles. The number of likely N-dealkylation sites (N-methyl/N-ethyl adjacent to an activating group) is 3. The van der Waals surface area contributed by atoms with Crippen LogP contribution in [-0.2, 0) is 23.1 Å². The fraction of sp³-hybridized carbons (Fsp3) is 1.00. The van der Waals surface area contributed by atoms with Crippen LogP contribution in [0, 0.1) is 0 Å². The molecule has 0 aromatic rings. The summed E-state index contributed by atoms with van der Waals surface area (Å²) in [5.74, 6) is -0.508. The molecule has 0 saturated heterocycles. The summed E-state index contributed by atoms with van der Waals surface area (Å²) < 4.78 is 36.9. The summed E-state index contributed by atoms with van der Waals surface area (Å²) in [6.07, 6.45) is 0. The summed E-state index contributed by atoms with van der Waals surface area (Å²) in [6, 6.07) is 0. The molecule has 10 heteroatoms. The van der Waals surface area contributed by atoms with Crippen molar-refractivity contribution in [2.24, 2.45) is 0 Å². The molecule has 0 N–H and O–H groups in total. The summed E-state index contributed by atoms with van der Waals surface area (Å²) >= 11 is 0. The highest BCUT2D eigenvalue weighted by Crippen LogP contribution is 2.25. The van der Waals surface area contributed by atoms with Gasteiger partial charge in [-0.1, -0.05) is 0 Å². The van der Waals surface area contributed by atoms with Crippen LogP contribution in [0.25, 0.3) is 0 Å². The van der Waals surface area contributed by atoms with E-state index in [1.54, 1.807) is 6.92 Å². The molecule has 0 fully saturated rings. The van der Waals surface area contributed by atoms with Gasteiger partial charge in [0, 0.05) is 0 Å². The molecule has 20 heavy (non-hydrogen) atoms. The van der Waals surface area contributed by atoms with Crippen LogP contribution in [-0.4, -0.2) is 84.4 Å². The van der Waals surface area contributed by atoms with Crippen molar-refractivity contribution in [1.82, 2.24) is 14.7 Å². The quantitative estimate of drug-likeness (QED) is 0.318. The Morgan fingerprint density at radius 1 is 1.00 bits per heavy atom. The Bertz CT molecular complexity index is 353. The van der Waals surface area contributed by atoms with Crippen LogP contribution in [0.2, 0.25) is 0 Å². The molecule has 1 atom stereocenters. The SMILES string of the molecule is CCOS(=O)(=O)OPOCC(N(C)C)(N(C)C)N(C)C. The third-order valence-corrected chi connectivity index (χ3v) is 4.75. The van der Waals surface area contributed by atoms with Gasteiger partial charge in [-0.05, 0) is 49.2 Å². The molecule has 8 nitrogen and oxygen atoms in total. The van der Waals surface area contributed by atoms with Gasteiger partial charge < -0.3 is 4.52 Å². The van der Waals surface area contributed by atoms with E-state index in [9.17, 15) is 8.42 Å². The maximum atomic E-state index is 11.2. The number of hydrogen-bond acceptors (Lipinski definition) is 8. The topological polar surface area (TPSA) is 71.5 Å². The summed E-state index contributed by atoms with van der Waals surface area (Å²) in [7, 11) is 6.91. The van der Waals surface area contributed by atoms with E-state index in [1.807, 2.05) is 57.0 Å². The van der Waals surface area contributed by atoms with Crippen LogP contribution >= 0.6 is 9.03 Å². The van der Waals surface area contributed by atoms with Crippen molar-refractivity contribution in [3.8, 4) is 0 Å². The van der Waals surface area contributed by atoms with Gasteiger partial charge in [-0.25, -0.2) is 4.18 Å². The zero-order valence-corrected chi connectivity index (χ0v) is 15.0. The van der Waals surface area contributed by atoms with Crippen molar-refractivity contribution in [2.45, 2.75) is 12.7 Å². The van der Waals surface area contributed by atoms with Crippen LogP contribution in [0.15, 0.2) is 0 Å². The van der Waals surface area contributed by atoms with Gasteiger partial charge in [0.2, 0.25) is 0 Å². The van der Waals surface area contributed by atoms with Gasteiger partial charge >= 0.3 is 10.4 Å². The second kappa shape index (κ2) is 8.55. The minimum Gasteiger partial charge on any atom is -0.331 e. The second-order valence-electron chi connectivity index (χ2n) is 4.73. The highest BCUT2D eigenvalue weighted by atomic mass is 32.3. The van der Waals surface area contributed by atoms with Crippen LogP contribution in [0.5, 0.6) is 0 Å². The van der Waals surface area contributed by atoms with Gasteiger partial charge in [0.05, 0.1) is 13.2 Å². The minimum atomic E-state index is -3.96. The van der Waals surface area contributed by atoms with E-state index >= 15 is 0 Å². The molecular weight excluding hydrogens is 305 g/mol. The molecule has 0 aromatic carbocycles. The van der Waals surface area contributed by atoms with Gasteiger partial charge in [-0.2, -0.15) is 12.4 Å². The highest BCUT2D eigenvalue weighted by molar-refractivity contribution is 7.84. The van der Waals surface area contributed by atoms with Crippen molar-refractivity contribution in [3.05, 3.63) is 0 Å². The molecule has 0 aliphatic rings. The first-order valence-corrected chi connectivity index (χ1v) is 8.22. The van der Waals surface area contributed by atoms with Crippen molar-refractivity contribution in [2.75, 3.05) is 55.5 Å². The smallest absolute Gasteiger partial charge is 0.331 e. The van der Waals surface area contributed by atoms with Crippen molar-refractivity contribution in [3.63, 3.8) is 0 Å². The third kappa shape index (κ3) is 5.50. The van der Waals surface area contributed by atoms with E-state index in [2.05, 4.69) is 8.15 Å². The Labute approximate surface area is 124 Å². The largest absolute Gasteiger partial charge is 0.404 e. The van der Waals surface area contributed by atoms with Gasteiger partial charge in [0.25, 0.3) is 0 Å². The first-order valence-electron chi connectivity index (χ1n) is 6.07. The molecular formula is C10H26N3O5PS. The predicted molar refractivity (Wildman–Crippen MR) is 79.7 cm³/mol. The predicted octanol–water partition coefficient (Wildman–Crippen LogP) is 0.148. The molecule has 0 heterocycles. The monoisotopic (exact) mass is 331 g/mol. The summed E-state index contributed by atoms with van der Waals surface area (Å²) in [5.41, 5.74) is 0. The summed E-state index contributed by atoms with van der Waals surface area (Å²) in [6.45, 7) is 1.85. The summed E-state index contributed by atoms with van der Waals surface area (Å²) in [4.78, 5) is 5.94. The van der Waals surface area contributed by atoms with E-state index in [4.69, 9.17) is 4.52 Å². The molecule has 0 spiro atoms. The number of nitrogens with zero attached hydrogens (tertiary/aromatic N) is 3. The Morgan fingerprint density at radius 3 is 1.80 bits per heavy atom. The molecule has 122 valence electrons. The zero-order chi connectivity index (χ0) is 16.0. The van der Waals surface area contributed by atoms with Crippen molar-refractivity contribution < 1.29 is 21.1 Å². The lowest BCUT2D eigenvalue weighted by Crippen LogP contribution is -2.66. The van der Waals surface area contributed by atoms with Gasteiger partial charge in [0.1, 0.15) is 0 Å². The normalized spacial score (nSPS) is 14.3. The molecule has 1 unspecified atom stereocenters. The lowest BCUT2D eigenvalue weighted by atomic mass is 10.2. The lowest BCUT2D eigenvalue weighted by Gasteiger charge is -2.49. The highest BCUT2D eigenvalue weighted by Gasteiger charge is 2.38. The van der Waals surface area contributed by atoms with Crippen molar-refractivity contribution >= 4 is 19.4 Å². The fourth-order valence-electron chi connectivity index (χ4n) is 1.95. The average Bonchev–Trinajstić information content (AvgIpc) is 2.27. The number of rotatable bonds is 10. The standard InChI is InChI=1S/C10H26N3O5PS/c1-8-17-20(14,15)18-19-16-9-10(11(2)3,12(4)5)13(6)7/h19H,8-9H2,1-7H3. The molecule has 0 radical (unpaired) electrons. The molecule has 0 amide bonds. The van der Waals surface area contributed by atoms with E-state index < -0.39 is 25.2 Å². The molecule has 0 saturated carbocycles. The number of hydrogen-bond donors (Lipinski definition) is 0. The molecule has 0 rings (SSSR count). The third-order valence-electron chi connectivity index (χ3n) is 2.87. The lowest BCUT2D eigenvalue weighted by molar-refractivity contribution is -0.131. The zero-order valence-electron chi connectivity index (χ0n) is 13.2. The van der Waals surface area contributed by atoms with Gasteiger partial charge in [0.15, 0.2) is 14.8 Å². The van der Waals surface area contributed by atoms with E-state index in [1.165, 1.54) is 0 Å². The maximum Gasteiger partial charge on any atom is 0.404 e. The first kappa shape index (κ1) is 20.1. The Balaban J connectivity index is 4.58. The van der Waals surface area contributed by atoms with Crippen LogP contribution in [0.1, 0.15) is 6.92 Å². The summed E-state index contributed by atoms with van der Waals surface area (Å²) in [5, 5.41) is 0. The molecule has 0 aliphatic heterocycles. The van der Waals surface area contributed by atoms with Crippen LogP contribution < -0.4 is 0 Å². The fourth-order valence-corrected chi connectivity index (χ4v) is 3.21. The first-order chi connectivity index (χ1) is 9.10. The van der Waals surface area contributed by atoms with Crippen molar-refractivity contribution in [1.29, 1.82) is 0 Å². The van der Waals surface area contributed by atoms with Crippen LogP contribution in [0.4, 0.5) is 0 Å². The molecule has 0 bridgehead atoms. The maximum absolute atomic E-state index is 11.2. The Hall–Kier alpha value is 0.140. The van der Waals surface area contributed by atoms with E-state index in [-0.39, 0.29) is 13.2 Å². The average molecular weight is 331 g/mol.